The normalized spacial score (nSPS) is 13.5. The molecule has 2 aromatic rings. The highest BCUT2D eigenvalue weighted by molar-refractivity contribution is 6.69. The second-order valence-electron chi connectivity index (χ2n) is 5.61. The molecule has 0 amide bonds. The van der Waals surface area contributed by atoms with Crippen molar-refractivity contribution in [3.05, 3.63) is 59.0 Å². The van der Waals surface area contributed by atoms with E-state index in [0.29, 0.717) is 0 Å². The molecule has 0 aliphatic carbocycles. The largest absolute Gasteiger partial charge is 0.472 e. The van der Waals surface area contributed by atoms with E-state index < -0.39 is 8.32 Å². The molecule has 2 nitrogen and oxygen atoms in total. The molecule has 19 heavy (non-hydrogen) atoms. The Kier molecular flexibility index (Phi) is 4.50. The molecule has 1 aromatic carbocycles. The lowest BCUT2D eigenvalue weighted by Crippen LogP contribution is -2.28. The monoisotopic (exact) mass is 294 g/mol. The zero-order chi connectivity index (χ0) is 13.9. The summed E-state index contributed by atoms with van der Waals surface area (Å²) in [5, 5.41) is 0.761. The highest BCUT2D eigenvalue weighted by Crippen LogP contribution is 2.27. The van der Waals surface area contributed by atoms with Crippen LogP contribution in [0.1, 0.15) is 17.2 Å². The van der Waals surface area contributed by atoms with E-state index in [4.69, 9.17) is 20.4 Å². The van der Waals surface area contributed by atoms with Crippen LogP contribution in [0, 0.1) is 0 Å². The first-order valence-corrected chi connectivity index (χ1v) is 10.2. The van der Waals surface area contributed by atoms with Crippen molar-refractivity contribution in [2.45, 2.75) is 32.2 Å². The fraction of sp³-hybridized carbons (Fsp3) is 0.333. The second-order valence-corrected chi connectivity index (χ2v) is 10.5. The van der Waals surface area contributed by atoms with E-state index in [1.807, 2.05) is 24.3 Å². The van der Waals surface area contributed by atoms with E-state index in [9.17, 15) is 0 Å². The second kappa shape index (κ2) is 5.95. The molecule has 0 spiro atoms. The van der Waals surface area contributed by atoms with Crippen LogP contribution in [-0.4, -0.2) is 8.32 Å². The summed E-state index contributed by atoms with van der Waals surface area (Å²) in [5.41, 5.74) is 2.26. The van der Waals surface area contributed by atoms with Crippen molar-refractivity contribution in [3.63, 3.8) is 0 Å². The Bertz CT molecular complexity index is 517. The van der Waals surface area contributed by atoms with Gasteiger partial charge in [0, 0.05) is 17.0 Å². The number of rotatable bonds is 5. The van der Waals surface area contributed by atoms with Gasteiger partial charge in [-0.25, -0.2) is 0 Å². The van der Waals surface area contributed by atoms with Crippen molar-refractivity contribution in [2.24, 2.45) is 0 Å². The maximum atomic E-state index is 6.26. The standard InChI is InChI=1S/C15H19ClO2Si/c1-19(2,3)18-15(13-7-8-17-11-13)10-12-5-4-6-14(16)9-12/h4-9,11,15H,10H2,1-3H3. The van der Waals surface area contributed by atoms with Gasteiger partial charge in [0.1, 0.15) is 0 Å². The fourth-order valence-corrected chi connectivity index (χ4v) is 3.28. The van der Waals surface area contributed by atoms with Crippen LogP contribution < -0.4 is 0 Å². The summed E-state index contributed by atoms with van der Waals surface area (Å²) in [4.78, 5) is 0. The molecular formula is C15H19ClO2Si. The summed E-state index contributed by atoms with van der Waals surface area (Å²) < 4.78 is 11.4. The molecule has 0 saturated heterocycles. The Labute approximate surface area is 120 Å². The summed E-state index contributed by atoms with van der Waals surface area (Å²) in [6.07, 6.45) is 4.29. The summed E-state index contributed by atoms with van der Waals surface area (Å²) in [7, 11) is -1.62. The Hall–Kier alpha value is -1.03. The summed E-state index contributed by atoms with van der Waals surface area (Å²) in [6, 6.07) is 9.89. The van der Waals surface area contributed by atoms with Crippen molar-refractivity contribution in [2.75, 3.05) is 0 Å². The van der Waals surface area contributed by atoms with Crippen LogP contribution in [-0.2, 0) is 10.8 Å². The third-order valence-electron chi connectivity index (χ3n) is 2.72. The van der Waals surface area contributed by atoms with Gasteiger partial charge in [0.2, 0.25) is 0 Å². The molecule has 0 N–H and O–H groups in total. The summed E-state index contributed by atoms with van der Waals surface area (Å²) >= 11 is 6.04. The van der Waals surface area contributed by atoms with Gasteiger partial charge in [0.15, 0.2) is 8.32 Å². The van der Waals surface area contributed by atoms with Gasteiger partial charge in [-0.15, -0.1) is 0 Å². The molecule has 0 radical (unpaired) electrons. The molecule has 0 aliphatic heterocycles. The van der Waals surface area contributed by atoms with Gasteiger partial charge in [-0.3, -0.25) is 0 Å². The lowest BCUT2D eigenvalue weighted by molar-refractivity contribution is 0.197. The molecule has 1 unspecified atom stereocenters. The van der Waals surface area contributed by atoms with Crippen molar-refractivity contribution in [1.29, 1.82) is 0 Å². The van der Waals surface area contributed by atoms with Crippen LogP contribution in [0.2, 0.25) is 24.7 Å². The van der Waals surface area contributed by atoms with Gasteiger partial charge in [-0.2, -0.15) is 0 Å². The highest BCUT2D eigenvalue weighted by Gasteiger charge is 2.23. The van der Waals surface area contributed by atoms with Gasteiger partial charge >= 0.3 is 0 Å². The van der Waals surface area contributed by atoms with E-state index in [2.05, 4.69) is 25.7 Å². The van der Waals surface area contributed by atoms with Crippen LogP contribution >= 0.6 is 11.6 Å². The zero-order valence-electron chi connectivity index (χ0n) is 11.5. The van der Waals surface area contributed by atoms with Crippen LogP contribution in [0.3, 0.4) is 0 Å². The van der Waals surface area contributed by atoms with E-state index in [-0.39, 0.29) is 6.10 Å². The molecule has 1 aromatic heterocycles. The van der Waals surface area contributed by atoms with E-state index in [1.54, 1.807) is 12.5 Å². The number of hydrogen-bond donors (Lipinski definition) is 0. The fourth-order valence-electron chi connectivity index (χ4n) is 1.99. The van der Waals surface area contributed by atoms with E-state index in [0.717, 1.165) is 17.0 Å². The minimum Gasteiger partial charge on any atom is -0.472 e. The molecule has 0 aliphatic rings. The Morgan fingerprint density at radius 1 is 1.26 bits per heavy atom. The highest BCUT2D eigenvalue weighted by atomic mass is 35.5. The number of furan rings is 1. The lowest BCUT2D eigenvalue weighted by Gasteiger charge is -2.26. The topological polar surface area (TPSA) is 22.4 Å². The number of hydrogen-bond acceptors (Lipinski definition) is 2. The smallest absolute Gasteiger partial charge is 0.184 e. The van der Waals surface area contributed by atoms with E-state index in [1.165, 1.54) is 5.56 Å². The first kappa shape index (κ1) is 14.4. The van der Waals surface area contributed by atoms with E-state index >= 15 is 0 Å². The summed E-state index contributed by atoms with van der Waals surface area (Å²) in [6.45, 7) is 6.58. The maximum absolute atomic E-state index is 6.26. The Morgan fingerprint density at radius 2 is 2.05 bits per heavy atom. The SMILES string of the molecule is C[Si](C)(C)OC(Cc1cccc(Cl)c1)c1ccoc1. The lowest BCUT2D eigenvalue weighted by atomic mass is 10.0. The summed E-state index contributed by atoms with van der Waals surface area (Å²) in [5.74, 6) is 0. The van der Waals surface area contributed by atoms with Crippen LogP contribution in [0.5, 0.6) is 0 Å². The Morgan fingerprint density at radius 3 is 2.63 bits per heavy atom. The molecule has 1 heterocycles. The number of benzene rings is 1. The maximum Gasteiger partial charge on any atom is 0.184 e. The average Bonchev–Trinajstić information content (AvgIpc) is 2.79. The minimum atomic E-state index is -1.62. The molecule has 102 valence electrons. The van der Waals surface area contributed by atoms with Crippen molar-refractivity contribution < 1.29 is 8.84 Å². The number of halogens is 1. The zero-order valence-corrected chi connectivity index (χ0v) is 13.3. The molecule has 0 saturated carbocycles. The molecule has 2 rings (SSSR count). The predicted molar refractivity (Wildman–Crippen MR) is 81.0 cm³/mol. The van der Waals surface area contributed by atoms with Crippen molar-refractivity contribution >= 4 is 19.9 Å². The predicted octanol–water partition coefficient (Wildman–Crippen LogP) is 5.07. The minimum absolute atomic E-state index is 0.0314. The molecule has 0 bridgehead atoms. The first-order valence-electron chi connectivity index (χ1n) is 6.38. The molecule has 4 heteroatoms. The van der Waals surface area contributed by atoms with Crippen LogP contribution in [0.15, 0.2) is 47.3 Å². The van der Waals surface area contributed by atoms with Gasteiger partial charge in [0.25, 0.3) is 0 Å². The van der Waals surface area contributed by atoms with Gasteiger partial charge in [-0.05, 0) is 43.4 Å². The third kappa shape index (κ3) is 4.53. The van der Waals surface area contributed by atoms with Crippen LogP contribution in [0.4, 0.5) is 0 Å². The average molecular weight is 295 g/mol. The molecule has 0 fully saturated rings. The van der Waals surface area contributed by atoms with Crippen molar-refractivity contribution in [1.82, 2.24) is 0 Å². The van der Waals surface area contributed by atoms with Crippen LogP contribution in [0.25, 0.3) is 0 Å². The third-order valence-corrected chi connectivity index (χ3v) is 3.95. The van der Waals surface area contributed by atoms with Gasteiger partial charge in [0.05, 0.1) is 18.6 Å². The van der Waals surface area contributed by atoms with Gasteiger partial charge in [-0.1, -0.05) is 23.7 Å². The molecular weight excluding hydrogens is 276 g/mol. The first-order chi connectivity index (χ1) is 8.94. The van der Waals surface area contributed by atoms with Gasteiger partial charge < -0.3 is 8.84 Å². The van der Waals surface area contributed by atoms with Crippen molar-refractivity contribution in [3.8, 4) is 0 Å². The quantitative estimate of drug-likeness (QED) is 0.719. The molecule has 1 atom stereocenters. The Balaban J connectivity index is 2.19.